The molecule has 0 unspecified atom stereocenters. The first kappa shape index (κ1) is 11.9. The van der Waals surface area contributed by atoms with E-state index in [0.717, 1.165) is 20.0 Å². The molecule has 0 atom stereocenters. The van der Waals surface area contributed by atoms with Gasteiger partial charge in [0, 0.05) is 5.97 Å². The van der Waals surface area contributed by atoms with Crippen LogP contribution >= 0.6 is 0 Å². The molecule has 3 heteroatoms. The quantitative estimate of drug-likeness (QED) is 0.388. The van der Waals surface area contributed by atoms with E-state index in [-0.39, 0.29) is 0 Å². The van der Waals surface area contributed by atoms with Crippen LogP contribution in [0.4, 0.5) is 0 Å². The highest BCUT2D eigenvalue weighted by Crippen LogP contribution is 1.64. The first-order chi connectivity index (χ1) is 4.54. The van der Waals surface area contributed by atoms with Crippen molar-refractivity contribution >= 4 is 12.7 Å². The molecule has 0 aromatic carbocycles. The Morgan fingerprint density at radius 3 is 1.70 bits per heavy atom. The Hall–Kier alpha value is -0.860. The highest BCUT2D eigenvalue weighted by atomic mass is 16.4. The summed E-state index contributed by atoms with van der Waals surface area (Å²) < 4.78 is 2.00. The van der Waals surface area contributed by atoms with Crippen LogP contribution in [0.2, 0.25) is 0 Å². The maximum absolute atomic E-state index is 8.89. The number of carboxylic acids is 1. The Morgan fingerprint density at radius 1 is 1.50 bits per heavy atom. The maximum Gasteiger partial charge on any atom is 0.139 e. The predicted octanol–water partition coefficient (Wildman–Crippen LogP) is -0.504. The molecule has 0 aromatic rings. The summed E-state index contributed by atoms with van der Waals surface area (Å²) in [5.41, 5.74) is 0. The molecular weight excluding hydrogens is 130 g/mol. The van der Waals surface area contributed by atoms with Gasteiger partial charge in [-0.3, -0.25) is 0 Å². The fourth-order valence-corrected chi connectivity index (χ4v) is 0.224. The van der Waals surface area contributed by atoms with Gasteiger partial charge >= 0.3 is 0 Å². The Labute approximate surface area is 62.0 Å². The minimum absolute atomic E-state index is 0.972. The van der Waals surface area contributed by atoms with E-state index in [4.69, 9.17) is 9.90 Å². The highest BCUT2D eigenvalue weighted by Gasteiger charge is 1.82. The van der Waals surface area contributed by atoms with Crippen LogP contribution in [0, 0.1) is 0 Å². The zero-order valence-electron chi connectivity index (χ0n) is 6.89. The van der Waals surface area contributed by atoms with E-state index in [1.807, 2.05) is 4.58 Å². The molecule has 0 aliphatic heterocycles. The molecule has 3 nitrogen and oxygen atoms in total. The van der Waals surface area contributed by atoms with Gasteiger partial charge in [-0.05, 0) is 20.8 Å². The third-order valence-electron chi connectivity index (χ3n) is 0.894. The molecule has 60 valence electrons. The fraction of sp³-hybridized carbons (Fsp3) is 0.714. The smallest absolute Gasteiger partial charge is 0.139 e. The minimum atomic E-state index is -1.08. The van der Waals surface area contributed by atoms with Crippen LogP contribution in [0.5, 0.6) is 0 Å². The molecule has 0 radical (unpaired) electrons. The summed E-state index contributed by atoms with van der Waals surface area (Å²) in [5, 5.41) is 8.89. The Balaban J connectivity index is 0. The number of carbonyl (C=O) groups is 1. The number of aliphatic carboxylic acids is 1. The largest absolute Gasteiger partial charge is 0.550 e. The predicted molar refractivity (Wildman–Crippen MR) is 39.1 cm³/mol. The Bertz CT molecular complexity index is 100. The normalized spacial score (nSPS) is 7.50. The third kappa shape index (κ3) is 27.3. The lowest BCUT2D eigenvalue weighted by atomic mass is 10.6. The Morgan fingerprint density at radius 2 is 1.70 bits per heavy atom. The lowest BCUT2D eigenvalue weighted by Gasteiger charge is -1.86. The topological polar surface area (TPSA) is 43.1 Å². The third-order valence-corrected chi connectivity index (χ3v) is 0.894. The average molecular weight is 145 g/mol. The maximum atomic E-state index is 8.89. The SMILES string of the molecule is C=[N+](CC)CC.CC(=O)[O-]. The van der Waals surface area contributed by atoms with Gasteiger partial charge < -0.3 is 9.90 Å². The number of hydrogen-bond acceptors (Lipinski definition) is 2. The van der Waals surface area contributed by atoms with Gasteiger partial charge in [-0.15, -0.1) is 0 Å². The zero-order chi connectivity index (χ0) is 8.57. The molecule has 0 heterocycles. The van der Waals surface area contributed by atoms with Crippen molar-refractivity contribution in [1.29, 1.82) is 0 Å². The average Bonchev–Trinajstić information content (AvgIpc) is 1.85. The van der Waals surface area contributed by atoms with E-state index in [0.29, 0.717) is 0 Å². The van der Waals surface area contributed by atoms with E-state index in [9.17, 15) is 0 Å². The molecule has 0 bridgehead atoms. The molecular formula is C7H15NO2. The van der Waals surface area contributed by atoms with Gasteiger partial charge in [0.05, 0.1) is 0 Å². The highest BCUT2D eigenvalue weighted by molar-refractivity contribution is 5.60. The second-order valence-corrected chi connectivity index (χ2v) is 1.79. The van der Waals surface area contributed by atoms with Gasteiger partial charge in [-0.1, -0.05) is 0 Å². The van der Waals surface area contributed by atoms with Crippen molar-refractivity contribution < 1.29 is 14.5 Å². The van der Waals surface area contributed by atoms with Gasteiger partial charge in [-0.2, -0.15) is 0 Å². The van der Waals surface area contributed by atoms with E-state index in [1.54, 1.807) is 0 Å². The van der Waals surface area contributed by atoms with Crippen LogP contribution in [0.15, 0.2) is 0 Å². The van der Waals surface area contributed by atoms with E-state index in [1.165, 1.54) is 0 Å². The van der Waals surface area contributed by atoms with Crippen LogP contribution in [0.1, 0.15) is 20.8 Å². The number of hydrogen-bond donors (Lipinski definition) is 0. The van der Waals surface area contributed by atoms with Gasteiger partial charge in [0.25, 0.3) is 0 Å². The summed E-state index contributed by atoms with van der Waals surface area (Å²) in [6.07, 6.45) is 0. The van der Waals surface area contributed by atoms with Crippen molar-refractivity contribution in [2.24, 2.45) is 0 Å². The molecule has 0 aliphatic carbocycles. The van der Waals surface area contributed by atoms with Gasteiger partial charge in [0.1, 0.15) is 19.8 Å². The summed E-state index contributed by atoms with van der Waals surface area (Å²) in [7, 11) is 0. The standard InChI is InChI=1S/C5H12N.C2H4O2/c1-4-6(3)5-2;1-2(3)4/h3-5H2,1-2H3;1H3,(H,3,4)/q+1;/p-1. The van der Waals surface area contributed by atoms with Crippen LogP contribution in [0.3, 0.4) is 0 Å². The minimum Gasteiger partial charge on any atom is -0.550 e. The molecule has 0 fully saturated rings. The molecule has 0 spiro atoms. The van der Waals surface area contributed by atoms with E-state index >= 15 is 0 Å². The first-order valence-electron chi connectivity index (χ1n) is 3.27. The number of rotatable bonds is 2. The summed E-state index contributed by atoms with van der Waals surface area (Å²) in [4.78, 5) is 8.89. The van der Waals surface area contributed by atoms with Gasteiger partial charge in [-0.25, -0.2) is 4.58 Å². The van der Waals surface area contributed by atoms with Crippen molar-refractivity contribution in [3.8, 4) is 0 Å². The number of carboxylic acid groups (broad SMARTS) is 1. The van der Waals surface area contributed by atoms with E-state index < -0.39 is 5.97 Å². The monoisotopic (exact) mass is 145 g/mol. The summed E-state index contributed by atoms with van der Waals surface area (Å²) in [6.45, 7) is 11.0. The lowest BCUT2D eigenvalue weighted by Crippen LogP contribution is -2.16. The van der Waals surface area contributed by atoms with Crippen LogP contribution in [-0.2, 0) is 4.79 Å². The van der Waals surface area contributed by atoms with Crippen molar-refractivity contribution in [2.75, 3.05) is 13.1 Å². The molecule has 0 amide bonds. The van der Waals surface area contributed by atoms with E-state index in [2.05, 4.69) is 20.6 Å². The first-order valence-corrected chi connectivity index (χ1v) is 3.27. The zero-order valence-corrected chi connectivity index (χ0v) is 6.89. The molecule has 10 heavy (non-hydrogen) atoms. The Kier molecular flexibility index (Phi) is 9.67. The number of nitrogens with zero attached hydrogens (tertiary/aromatic N) is 1. The molecule has 0 aliphatic rings. The number of carbonyl (C=O) groups excluding carboxylic acids is 1. The van der Waals surface area contributed by atoms with Crippen LogP contribution < -0.4 is 5.11 Å². The van der Waals surface area contributed by atoms with Crippen molar-refractivity contribution in [3.05, 3.63) is 0 Å². The van der Waals surface area contributed by atoms with Crippen molar-refractivity contribution in [2.45, 2.75) is 20.8 Å². The van der Waals surface area contributed by atoms with Crippen molar-refractivity contribution in [3.63, 3.8) is 0 Å². The summed E-state index contributed by atoms with van der Waals surface area (Å²) in [5.74, 6) is -1.08. The van der Waals surface area contributed by atoms with Crippen LogP contribution in [0.25, 0.3) is 0 Å². The van der Waals surface area contributed by atoms with Gasteiger partial charge in [0.15, 0.2) is 0 Å². The summed E-state index contributed by atoms with van der Waals surface area (Å²) >= 11 is 0. The molecule has 0 rings (SSSR count). The summed E-state index contributed by atoms with van der Waals surface area (Å²) in [6, 6.07) is 0. The fourth-order valence-electron chi connectivity index (χ4n) is 0.224. The second kappa shape index (κ2) is 8.14. The molecule has 0 N–H and O–H groups in total. The van der Waals surface area contributed by atoms with Crippen molar-refractivity contribution in [1.82, 2.24) is 0 Å². The lowest BCUT2D eigenvalue weighted by molar-refractivity contribution is -0.511. The van der Waals surface area contributed by atoms with Gasteiger partial charge in [0.2, 0.25) is 0 Å². The van der Waals surface area contributed by atoms with Crippen LogP contribution in [-0.4, -0.2) is 30.4 Å². The molecule has 0 saturated heterocycles. The molecule has 0 saturated carbocycles. The molecule has 0 aromatic heterocycles. The second-order valence-electron chi connectivity index (χ2n) is 1.79.